The molecule has 35 heavy (non-hydrogen) atoms. The molecule has 0 heterocycles. The number of ether oxygens (including phenoxy) is 1. The van der Waals surface area contributed by atoms with E-state index in [0.717, 1.165) is 60.8 Å². The fourth-order valence-corrected chi connectivity index (χ4v) is 5.86. The van der Waals surface area contributed by atoms with Gasteiger partial charge in [-0.05, 0) is 60.8 Å². The predicted molar refractivity (Wildman–Crippen MR) is 131 cm³/mol. The Hall–Kier alpha value is -3.35. The van der Waals surface area contributed by atoms with Crippen LogP contribution in [0.4, 0.5) is 4.79 Å². The molecule has 0 spiro atoms. The average Bonchev–Trinajstić information content (AvgIpc) is 3.48. The van der Waals surface area contributed by atoms with Crippen LogP contribution in [-0.2, 0) is 14.3 Å². The molecule has 2 aromatic carbocycles. The summed E-state index contributed by atoms with van der Waals surface area (Å²) < 4.78 is 5.71. The summed E-state index contributed by atoms with van der Waals surface area (Å²) in [7, 11) is 0. The molecule has 2 amide bonds. The molecule has 7 heteroatoms. The van der Waals surface area contributed by atoms with Gasteiger partial charge < -0.3 is 20.1 Å². The number of aliphatic carboxylic acids is 1. The molecule has 0 radical (unpaired) electrons. The Labute approximate surface area is 205 Å². The number of carbonyl (C=O) groups is 3. The molecule has 184 valence electrons. The second-order valence-electron chi connectivity index (χ2n) is 10.2. The number of benzene rings is 2. The van der Waals surface area contributed by atoms with Gasteiger partial charge in [0, 0.05) is 12.0 Å². The number of amides is 2. The Kier molecular flexibility index (Phi) is 6.26. The fraction of sp³-hybridized carbons (Fsp3) is 0.464. The summed E-state index contributed by atoms with van der Waals surface area (Å²) in [5.74, 6) is -1.45. The molecule has 1 atom stereocenters. The number of hydrogen-bond acceptors (Lipinski definition) is 4. The molecule has 2 N–H and O–H groups in total. The maximum atomic E-state index is 13.7. The van der Waals surface area contributed by atoms with Crippen molar-refractivity contribution in [3.8, 4) is 11.1 Å². The van der Waals surface area contributed by atoms with Crippen molar-refractivity contribution in [3.05, 3.63) is 59.7 Å². The van der Waals surface area contributed by atoms with E-state index in [2.05, 4.69) is 29.6 Å². The van der Waals surface area contributed by atoms with Crippen molar-refractivity contribution in [3.63, 3.8) is 0 Å². The van der Waals surface area contributed by atoms with E-state index in [9.17, 15) is 19.5 Å². The highest BCUT2D eigenvalue weighted by molar-refractivity contribution is 5.92. The van der Waals surface area contributed by atoms with Gasteiger partial charge >= 0.3 is 12.1 Å². The van der Waals surface area contributed by atoms with E-state index in [1.165, 1.54) is 4.90 Å². The van der Waals surface area contributed by atoms with Crippen molar-refractivity contribution in [1.82, 2.24) is 10.2 Å². The number of fused-ring (bicyclic) bond motifs is 3. The highest BCUT2D eigenvalue weighted by atomic mass is 16.5. The van der Waals surface area contributed by atoms with Gasteiger partial charge in [0.25, 0.3) is 0 Å². The lowest BCUT2D eigenvalue weighted by molar-refractivity contribution is -0.149. The lowest BCUT2D eigenvalue weighted by Gasteiger charge is -2.37. The number of hydrogen-bond donors (Lipinski definition) is 2. The number of nitrogens with one attached hydrogen (secondary N) is 1. The van der Waals surface area contributed by atoms with Gasteiger partial charge in [-0.1, -0.05) is 61.4 Å². The van der Waals surface area contributed by atoms with Crippen LogP contribution < -0.4 is 5.32 Å². The lowest BCUT2D eigenvalue weighted by Crippen LogP contribution is -2.61. The first-order valence-electron chi connectivity index (χ1n) is 12.5. The van der Waals surface area contributed by atoms with Crippen LogP contribution in [0.3, 0.4) is 0 Å². The Morgan fingerprint density at radius 1 is 0.971 bits per heavy atom. The standard InChI is InChI=1S/C28H32N2O5/c1-28(18-14-15-18,26(33)30(16-25(31)32)19-8-2-3-9-19)29-27(34)35-17-24-22-12-6-4-10-20(22)21-11-5-7-13-23(21)24/h4-7,10-13,18-19,24H,2-3,8-9,14-17H2,1H3,(H,29,34)(H,31,32). The number of alkyl carbamates (subject to hydrolysis) is 1. The molecule has 3 aliphatic rings. The van der Waals surface area contributed by atoms with Crippen molar-refractivity contribution < 1.29 is 24.2 Å². The number of carboxylic acids is 1. The van der Waals surface area contributed by atoms with Crippen LogP contribution in [0, 0.1) is 5.92 Å². The quantitative estimate of drug-likeness (QED) is 0.583. The van der Waals surface area contributed by atoms with E-state index in [1.54, 1.807) is 6.92 Å². The van der Waals surface area contributed by atoms with E-state index in [0.29, 0.717) is 0 Å². The monoisotopic (exact) mass is 476 g/mol. The van der Waals surface area contributed by atoms with Crippen molar-refractivity contribution in [1.29, 1.82) is 0 Å². The Bertz CT molecular complexity index is 1090. The summed E-state index contributed by atoms with van der Waals surface area (Å²) in [5.41, 5.74) is 3.36. The highest BCUT2D eigenvalue weighted by Crippen LogP contribution is 2.45. The molecule has 2 saturated carbocycles. The average molecular weight is 477 g/mol. The Balaban J connectivity index is 1.31. The van der Waals surface area contributed by atoms with Gasteiger partial charge in [0.2, 0.25) is 5.91 Å². The minimum atomic E-state index is -1.18. The molecule has 0 bridgehead atoms. The normalized spacial score (nSPS) is 18.9. The molecule has 3 aliphatic carbocycles. The molecule has 2 aromatic rings. The van der Waals surface area contributed by atoms with Gasteiger partial charge in [-0.2, -0.15) is 0 Å². The van der Waals surface area contributed by atoms with Crippen molar-refractivity contribution in [2.45, 2.75) is 62.9 Å². The lowest BCUT2D eigenvalue weighted by atomic mass is 9.92. The SMILES string of the molecule is CC(NC(=O)OCC1c2ccccc2-c2ccccc21)(C(=O)N(CC(=O)O)C1CCCC1)C1CC1. The predicted octanol–water partition coefficient (Wildman–Crippen LogP) is 4.55. The molecule has 0 aliphatic heterocycles. The number of rotatable bonds is 8. The van der Waals surface area contributed by atoms with Crippen LogP contribution in [0.1, 0.15) is 62.5 Å². The minimum absolute atomic E-state index is 0.0202. The second-order valence-corrected chi connectivity index (χ2v) is 10.2. The third-order valence-corrected chi connectivity index (χ3v) is 7.88. The third kappa shape index (κ3) is 4.51. The highest BCUT2D eigenvalue weighted by Gasteiger charge is 2.51. The molecule has 0 saturated heterocycles. The molecular weight excluding hydrogens is 444 g/mol. The summed E-state index contributed by atoms with van der Waals surface area (Å²) in [5, 5.41) is 12.3. The molecule has 2 fully saturated rings. The summed E-state index contributed by atoms with van der Waals surface area (Å²) in [4.78, 5) is 39.7. The van der Waals surface area contributed by atoms with Crippen LogP contribution in [0.25, 0.3) is 11.1 Å². The largest absolute Gasteiger partial charge is 0.480 e. The maximum absolute atomic E-state index is 13.7. The zero-order valence-corrected chi connectivity index (χ0v) is 20.0. The first kappa shape index (κ1) is 23.4. The van der Waals surface area contributed by atoms with Crippen LogP contribution in [0.5, 0.6) is 0 Å². The minimum Gasteiger partial charge on any atom is -0.480 e. The summed E-state index contributed by atoms with van der Waals surface area (Å²) in [6.45, 7) is 1.53. The zero-order chi connectivity index (χ0) is 24.6. The molecule has 5 rings (SSSR count). The number of carboxylic acid groups (broad SMARTS) is 1. The van der Waals surface area contributed by atoms with E-state index in [1.807, 2.05) is 24.3 Å². The summed E-state index contributed by atoms with van der Waals surface area (Å²) >= 11 is 0. The van der Waals surface area contributed by atoms with Crippen LogP contribution in [0.2, 0.25) is 0 Å². The van der Waals surface area contributed by atoms with Gasteiger partial charge in [-0.15, -0.1) is 0 Å². The van der Waals surface area contributed by atoms with Crippen LogP contribution >= 0.6 is 0 Å². The van der Waals surface area contributed by atoms with Crippen molar-refractivity contribution in [2.75, 3.05) is 13.2 Å². The van der Waals surface area contributed by atoms with Crippen molar-refractivity contribution >= 4 is 18.0 Å². The number of nitrogens with zero attached hydrogens (tertiary/aromatic N) is 1. The topological polar surface area (TPSA) is 95.9 Å². The molecule has 7 nitrogen and oxygen atoms in total. The Morgan fingerprint density at radius 3 is 2.09 bits per heavy atom. The Morgan fingerprint density at radius 2 is 1.54 bits per heavy atom. The third-order valence-electron chi connectivity index (χ3n) is 7.88. The summed E-state index contributed by atoms with van der Waals surface area (Å²) in [6, 6.07) is 16.2. The first-order valence-corrected chi connectivity index (χ1v) is 12.5. The van der Waals surface area contributed by atoms with E-state index < -0.39 is 17.6 Å². The van der Waals surface area contributed by atoms with Gasteiger partial charge in [-0.25, -0.2) is 4.79 Å². The van der Waals surface area contributed by atoms with Gasteiger partial charge in [0.1, 0.15) is 18.7 Å². The van der Waals surface area contributed by atoms with Gasteiger partial charge in [-0.3, -0.25) is 9.59 Å². The fourth-order valence-electron chi connectivity index (χ4n) is 5.86. The molecule has 1 unspecified atom stereocenters. The van der Waals surface area contributed by atoms with E-state index in [-0.39, 0.29) is 36.9 Å². The van der Waals surface area contributed by atoms with Gasteiger partial charge in [0.15, 0.2) is 0 Å². The van der Waals surface area contributed by atoms with Crippen LogP contribution in [-0.4, -0.2) is 52.7 Å². The van der Waals surface area contributed by atoms with Crippen LogP contribution in [0.15, 0.2) is 48.5 Å². The smallest absolute Gasteiger partial charge is 0.408 e. The van der Waals surface area contributed by atoms with Crippen molar-refractivity contribution in [2.24, 2.45) is 5.92 Å². The second kappa shape index (κ2) is 9.36. The molecule has 0 aromatic heterocycles. The first-order chi connectivity index (χ1) is 16.9. The van der Waals surface area contributed by atoms with Gasteiger partial charge in [0.05, 0.1) is 0 Å². The van der Waals surface area contributed by atoms with E-state index in [4.69, 9.17) is 4.74 Å². The molecular formula is C28H32N2O5. The number of carbonyl (C=O) groups excluding carboxylic acids is 2. The summed E-state index contributed by atoms with van der Waals surface area (Å²) in [6.07, 6.45) is 4.54. The zero-order valence-electron chi connectivity index (χ0n) is 20.0. The van der Waals surface area contributed by atoms with E-state index >= 15 is 0 Å². The maximum Gasteiger partial charge on any atom is 0.408 e.